The molecular weight excluding hydrogens is 261 g/mol. The summed E-state index contributed by atoms with van der Waals surface area (Å²) in [5, 5.41) is 2.88. The molecule has 3 N–H and O–H groups in total. The summed E-state index contributed by atoms with van der Waals surface area (Å²) in [7, 11) is 0. The van der Waals surface area contributed by atoms with Crippen molar-refractivity contribution in [1.82, 2.24) is 10.2 Å². The summed E-state index contributed by atoms with van der Waals surface area (Å²) in [6, 6.07) is 3.78. The molecule has 110 valence electrons. The van der Waals surface area contributed by atoms with Crippen LogP contribution < -0.4 is 11.1 Å². The Morgan fingerprint density at radius 2 is 2.20 bits per heavy atom. The van der Waals surface area contributed by atoms with E-state index in [1.54, 1.807) is 0 Å². The summed E-state index contributed by atoms with van der Waals surface area (Å²) < 4.78 is 18.2. The lowest BCUT2D eigenvalue weighted by atomic mass is 10.1. The highest BCUT2D eigenvalue weighted by atomic mass is 19.1. The van der Waals surface area contributed by atoms with Crippen LogP contribution in [0.5, 0.6) is 0 Å². The highest BCUT2D eigenvalue weighted by Crippen LogP contribution is 2.13. The van der Waals surface area contributed by atoms with Gasteiger partial charge in [0.15, 0.2) is 0 Å². The second-order valence-corrected chi connectivity index (χ2v) is 5.02. The molecule has 0 saturated carbocycles. The Balaban J connectivity index is 1.89. The van der Waals surface area contributed by atoms with Gasteiger partial charge in [-0.25, -0.2) is 4.39 Å². The van der Waals surface area contributed by atoms with Crippen LogP contribution in [0.2, 0.25) is 0 Å². The van der Waals surface area contributed by atoms with E-state index in [1.807, 2.05) is 6.92 Å². The maximum absolute atomic E-state index is 13.0. The van der Waals surface area contributed by atoms with Crippen molar-refractivity contribution in [2.75, 3.05) is 38.6 Å². The summed E-state index contributed by atoms with van der Waals surface area (Å²) in [6.45, 7) is 5.90. The van der Waals surface area contributed by atoms with E-state index in [-0.39, 0.29) is 17.6 Å². The van der Waals surface area contributed by atoms with E-state index in [4.69, 9.17) is 10.5 Å². The number of nitrogen functional groups attached to an aromatic ring is 1. The van der Waals surface area contributed by atoms with Gasteiger partial charge in [-0.15, -0.1) is 0 Å². The number of carbonyl (C=O) groups excluding carboxylic acids is 1. The maximum atomic E-state index is 13.0. The molecule has 1 aromatic carbocycles. The second-order valence-electron chi connectivity index (χ2n) is 5.02. The molecule has 5 nitrogen and oxygen atoms in total. The summed E-state index contributed by atoms with van der Waals surface area (Å²) in [5.41, 5.74) is 6.11. The minimum atomic E-state index is -0.444. The van der Waals surface area contributed by atoms with Crippen molar-refractivity contribution in [3.8, 4) is 0 Å². The fraction of sp³-hybridized carbons (Fsp3) is 0.500. The van der Waals surface area contributed by atoms with E-state index >= 15 is 0 Å². The lowest BCUT2D eigenvalue weighted by molar-refractivity contribution is 0.0342. The third-order valence-electron chi connectivity index (χ3n) is 3.27. The summed E-state index contributed by atoms with van der Waals surface area (Å²) in [5.74, 6) is -0.719. The van der Waals surface area contributed by atoms with E-state index in [0.29, 0.717) is 5.56 Å². The molecule has 1 aliphatic heterocycles. The van der Waals surface area contributed by atoms with Crippen molar-refractivity contribution in [2.24, 2.45) is 0 Å². The van der Waals surface area contributed by atoms with Gasteiger partial charge in [-0.05, 0) is 25.1 Å². The van der Waals surface area contributed by atoms with Gasteiger partial charge in [-0.3, -0.25) is 9.69 Å². The van der Waals surface area contributed by atoms with E-state index in [2.05, 4.69) is 10.2 Å². The van der Waals surface area contributed by atoms with E-state index in [0.717, 1.165) is 38.9 Å². The maximum Gasteiger partial charge on any atom is 0.253 e. The number of nitrogens with zero attached hydrogens (tertiary/aromatic N) is 1. The molecule has 2 rings (SSSR count). The fourth-order valence-electron chi connectivity index (χ4n) is 2.26. The molecule has 0 radical (unpaired) electrons. The first kappa shape index (κ1) is 14.7. The van der Waals surface area contributed by atoms with Crippen molar-refractivity contribution >= 4 is 11.6 Å². The number of anilines is 1. The zero-order valence-electron chi connectivity index (χ0n) is 11.6. The number of ether oxygens (including phenoxy) is 1. The lowest BCUT2D eigenvalue weighted by Crippen LogP contribution is -2.46. The number of benzene rings is 1. The number of morpholine rings is 1. The third kappa shape index (κ3) is 3.91. The van der Waals surface area contributed by atoms with Crippen LogP contribution in [-0.4, -0.2) is 49.7 Å². The van der Waals surface area contributed by atoms with Gasteiger partial charge in [-0.1, -0.05) is 0 Å². The molecule has 0 aromatic heterocycles. The molecule has 1 atom stereocenters. The number of nitrogens with two attached hydrogens (primary N) is 1. The number of carbonyl (C=O) groups is 1. The van der Waals surface area contributed by atoms with Crippen LogP contribution in [0.4, 0.5) is 10.1 Å². The van der Waals surface area contributed by atoms with Gasteiger partial charge in [-0.2, -0.15) is 0 Å². The van der Waals surface area contributed by atoms with Gasteiger partial charge < -0.3 is 15.8 Å². The smallest absolute Gasteiger partial charge is 0.253 e. The first-order valence-corrected chi connectivity index (χ1v) is 6.72. The average molecular weight is 281 g/mol. The molecule has 1 aromatic rings. The van der Waals surface area contributed by atoms with Gasteiger partial charge in [0.05, 0.1) is 18.8 Å². The Labute approximate surface area is 117 Å². The van der Waals surface area contributed by atoms with Crippen LogP contribution >= 0.6 is 0 Å². The van der Waals surface area contributed by atoms with Gasteiger partial charge in [0.1, 0.15) is 5.82 Å². The summed E-state index contributed by atoms with van der Waals surface area (Å²) in [6.07, 6.45) is 0. The monoisotopic (exact) mass is 281 g/mol. The van der Waals surface area contributed by atoms with Gasteiger partial charge >= 0.3 is 0 Å². The lowest BCUT2D eigenvalue weighted by Gasteiger charge is -2.29. The molecule has 6 heteroatoms. The molecule has 1 unspecified atom stereocenters. The fourth-order valence-corrected chi connectivity index (χ4v) is 2.26. The molecule has 1 saturated heterocycles. The Kier molecular flexibility index (Phi) is 4.92. The number of rotatable bonds is 4. The normalized spacial score (nSPS) is 17.7. The molecular formula is C14H20FN3O2. The van der Waals surface area contributed by atoms with Crippen molar-refractivity contribution in [3.05, 3.63) is 29.6 Å². The topological polar surface area (TPSA) is 67.6 Å². The van der Waals surface area contributed by atoms with E-state index in [9.17, 15) is 9.18 Å². The molecule has 1 heterocycles. The third-order valence-corrected chi connectivity index (χ3v) is 3.27. The number of hydrogen-bond acceptors (Lipinski definition) is 4. The number of halogens is 1. The van der Waals surface area contributed by atoms with Crippen LogP contribution in [0.15, 0.2) is 18.2 Å². The van der Waals surface area contributed by atoms with Crippen molar-refractivity contribution in [3.63, 3.8) is 0 Å². The van der Waals surface area contributed by atoms with Crippen molar-refractivity contribution in [1.29, 1.82) is 0 Å². The average Bonchev–Trinajstić information content (AvgIpc) is 2.39. The molecule has 1 fully saturated rings. The minimum absolute atomic E-state index is 0.00921. The van der Waals surface area contributed by atoms with Crippen LogP contribution in [-0.2, 0) is 4.74 Å². The van der Waals surface area contributed by atoms with Crippen molar-refractivity contribution < 1.29 is 13.9 Å². The first-order chi connectivity index (χ1) is 9.56. The molecule has 1 amide bonds. The molecule has 1 aliphatic rings. The first-order valence-electron chi connectivity index (χ1n) is 6.72. The van der Waals surface area contributed by atoms with E-state index in [1.165, 1.54) is 12.1 Å². The highest BCUT2D eigenvalue weighted by molar-refractivity contribution is 5.99. The Bertz CT molecular complexity index is 475. The van der Waals surface area contributed by atoms with Crippen LogP contribution in [0, 0.1) is 5.82 Å². The van der Waals surface area contributed by atoms with Crippen molar-refractivity contribution in [2.45, 2.75) is 13.0 Å². The second kappa shape index (κ2) is 6.67. The zero-order valence-corrected chi connectivity index (χ0v) is 11.6. The highest BCUT2D eigenvalue weighted by Gasteiger charge is 2.17. The Morgan fingerprint density at radius 3 is 2.85 bits per heavy atom. The van der Waals surface area contributed by atoms with Crippen LogP contribution in [0.3, 0.4) is 0 Å². The Morgan fingerprint density at radius 1 is 1.50 bits per heavy atom. The van der Waals surface area contributed by atoms with Gasteiger partial charge in [0.25, 0.3) is 5.91 Å². The summed E-state index contributed by atoms with van der Waals surface area (Å²) in [4.78, 5) is 14.3. The number of nitrogens with one attached hydrogen (secondary N) is 1. The molecule has 0 spiro atoms. The van der Waals surface area contributed by atoms with Crippen LogP contribution in [0.1, 0.15) is 17.3 Å². The quantitative estimate of drug-likeness (QED) is 0.803. The largest absolute Gasteiger partial charge is 0.398 e. The summed E-state index contributed by atoms with van der Waals surface area (Å²) >= 11 is 0. The van der Waals surface area contributed by atoms with E-state index < -0.39 is 5.82 Å². The standard InChI is InChI=1S/C14H20FN3O2/c1-10(9-18-4-6-20-7-5-18)17-14(19)12-3-2-11(15)8-13(12)16/h2-3,8,10H,4-7,9,16H2,1H3,(H,17,19). The van der Waals surface area contributed by atoms with Crippen LogP contribution in [0.25, 0.3) is 0 Å². The van der Waals surface area contributed by atoms with Gasteiger partial charge in [0, 0.05) is 31.4 Å². The molecule has 0 bridgehead atoms. The predicted octanol–water partition coefficient (Wildman–Crippen LogP) is 0.858. The number of amides is 1. The Hall–Kier alpha value is -1.66. The predicted molar refractivity (Wildman–Crippen MR) is 75.0 cm³/mol. The van der Waals surface area contributed by atoms with Gasteiger partial charge in [0.2, 0.25) is 0 Å². The molecule has 0 aliphatic carbocycles. The number of hydrogen-bond donors (Lipinski definition) is 2. The minimum Gasteiger partial charge on any atom is -0.398 e. The zero-order chi connectivity index (χ0) is 14.5. The molecule has 20 heavy (non-hydrogen) atoms. The SMILES string of the molecule is CC(CN1CCOCC1)NC(=O)c1ccc(F)cc1N.